The standard InChI is InChI=1S/C19H23N3O2/c1-14(19(24)22-11-9-21(10-12-22)15(2)23)20-18-8-7-16-5-3-4-6-17(16)13-18/h3-8,13-14,20H,9-12H2,1-2H3. The van der Waals surface area contributed by atoms with E-state index in [9.17, 15) is 9.59 Å². The topological polar surface area (TPSA) is 52.7 Å². The van der Waals surface area contributed by atoms with Gasteiger partial charge in [-0.1, -0.05) is 30.3 Å². The van der Waals surface area contributed by atoms with Crippen LogP contribution in [-0.2, 0) is 9.59 Å². The normalized spacial score (nSPS) is 16.1. The smallest absolute Gasteiger partial charge is 0.244 e. The van der Waals surface area contributed by atoms with Crippen LogP contribution in [0.3, 0.4) is 0 Å². The van der Waals surface area contributed by atoms with Crippen LogP contribution < -0.4 is 5.32 Å². The van der Waals surface area contributed by atoms with Gasteiger partial charge in [-0.2, -0.15) is 0 Å². The second-order valence-electron chi connectivity index (χ2n) is 6.26. The van der Waals surface area contributed by atoms with Crippen LogP contribution in [0, 0.1) is 0 Å². The molecule has 2 amide bonds. The van der Waals surface area contributed by atoms with Gasteiger partial charge in [0.05, 0.1) is 0 Å². The highest BCUT2D eigenvalue weighted by Gasteiger charge is 2.25. The first-order valence-electron chi connectivity index (χ1n) is 8.34. The van der Waals surface area contributed by atoms with Crippen molar-refractivity contribution in [3.8, 4) is 0 Å². The van der Waals surface area contributed by atoms with Crippen molar-refractivity contribution in [3.63, 3.8) is 0 Å². The van der Waals surface area contributed by atoms with Gasteiger partial charge < -0.3 is 15.1 Å². The van der Waals surface area contributed by atoms with E-state index >= 15 is 0 Å². The van der Waals surface area contributed by atoms with Gasteiger partial charge in [-0.05, 0) is 29.8 Å². The summed E-state index contributed by atoms with van der Waals surface area (Å²) in [4.78, 5) is 27.6. The Morgan fingerprint density at radius 2 is 1.58 bits per heavy atom. The second-order valence-corrected chi connectivity index (χ2v) is 6.26. The van der Waals surface area contributed by atoms with Crippen LogP contribution in [0.15, 0.2) is 42.5 Å². The molecule has 5 heteroatoms. The third-order valence-corrected chi connectivity index (χ3v) is 4.54. The first-order chi connectivity index (χ1) is 11.5. The predicted octanol–water partition coefficient (Wildman–Crippen LogP) is 2.33. The van der Waals surface area contributed by atoms with Crippen molar-refractivity contribution >= 4 is 28.3 Å². The summed E-state index contributed by atoms with van der Waals surface area (Å²) < 4.78 is 0. The fourth-order valence-electron chi connectivity index (χ4n) is 3.11. The molecule has 0 spiro atoms. The fourth-order valence-corrected chi connectivity index (χ4v) is 3.11. The van der Waals surface area contributed by atoms with Crippen molar-refractivity contribution in [2.24, 2.45) is 0 Å². The number of hydrogen-bond donors (Lipinski definition) is 1. The van der Waals surface area contributed by atoms with Gasteiger partial charge in [0, 0.05) is 38.8 Å². The van der Waals surface area contributed by atoms with Crippen LogP contribution >= 0.6 is 0 Å². The molecule has 1 unspecified atom stereocenters. The van der Waals surface area contributed by atoms with Crippen LogP contribution in [0.25, 0.3) is 10.8 Å². The molecule has 0 bridgehead atoms. The highest BCUT2D eigenvalue weighted by molar-refractivity contribution is 5.88. The van der Waals surface area contributed by atoms with Gasteiger partial charge in [0.1, 0.15) is 6.04 Å². The van der Waals surface area contributed by atoms with E-state index in [0.717, 1.165) is 11.1 Å². The monoisotopic (exact) mass is 325 g/mol. The number of hydrogen-bond acceptors (Lipinski definition) is 3. The summed E-state index contributed by atoms with van der Waals surface area (Å²) in [5.74, 6) is 0.149. The lowest BCUT2D eigenvalue weighted by Crippen LogP contribution is -2.53. The van der Waals surface area contributed by atoms with Crippen molar-refractivity contribution in [2.75, 3.05) is 31.5 Å². The van der Waals surface area contributed by atoms with E-state index in [4.69, 9.17) is 0 Å². The largest absolute Gasteiger partial charge is 0.374 e. The van der Waals surface area contributed by atoms with Crippen LogP contribution in [0.1, 0.15) is 13.8 Å². The number of carbonyl (C=O) groups excluding carboxylic acids is 2. The number of carbonyl (C=O) groups is 2. The average Bonchev–Trinajstić information content (AvgIpc) is 2.61. The number of fused-ring (bicyclic) bond motifs is 1. The Morgan fingerprint density at radius 1 is 0.958 bits per heavy atom. The molecule has 1 atom stereocenters. The quantitative estimate of drug-likeness (QED) is 0.942. The van der Waals surface area contributed by atoms with Gasteiger partial charge in [0.15, 0.2) is 0 Å². The predicted molar refractivity (Wildman–Crippen MR) is 95.9 cm³/mol. The summed E-state index contributed by atoms with van der Waals surface area (Å²) in [6.07, 6.45) is 0. The maximum Gasteiger partial charge on any atom is 0.244 e. The summed E-state index contributed by atoms with van der Waals surface area (Å²) in [6.45, 7) is 5.88. The van der Waals surface area contributed by atoms with Crippen molar-refractivity contribution in [3.05, 3.63) is 42.5 Å². The molecule has 1 aliphatic heterocycles. The number of anilines is 1. The number of benzene rings is 2. The maximum atomic E-state index is 12.6. The maximum absolute atomic E-state index is 12.6. The van der Waals surface area contributed by atoms with Gasteiger partial charge >= 0.3 is 0 Å². The second kappa shape index (κ2) is 6.91. The number of piperazine rings is 1. The van der Waals surface area contributed by atoms with E-state index in [1.165, 1.54) is 5.39 Å². The summed E-state index contributed by atoms with van der Waals surface area (Å²) in [7, 11) is 0. The Morgan fingerprint density at radius 3 is 2.25 bits per heavy atom. The van der Waals surface area contributed by atoms with Crippen LogP contribution in [0.4, 0.5) is 5.69 Å². The number of nitrogens with one attached hydrogen (secondary N) is 1. The molecule has 0 saturated carbocycles. The molecule has 2 aromatic carbocycles. The molecule has 1 saturated heterocycles. The van der Waals surface area contributed by atoms with Crippen LogP contribution in [-0.4, -0.2) is 53.8 Å². The zero-order valence-corrected chi connectivity index (χ0v) is 14.2. The average molecular weight is 325 g/mol. The molecule has 2 aromatic rings. The van der Waals surface area contributed by atoms with Crippen molar-refractivity contribution in [2.45, 2.75) is 19.9 Å². The van der Waals surface area contributed by atoms with Gasteiger partial charge in [-0.15, -0.1) is 0 Å². The Kier molecular flexibility index (Phi) is 4.69. The minimum atomic E-state index is -0.296. The highest BCUT2D eigenvalue weighted by atomic mass is 16.2. The molecule has 1 N–H and O–H groups in total. The van der Waals surface area contributed by atoms with Gasteiger partial charge in [-0.25, -0.2) is 0 Å². The molecule has 1 heterocycles. The summed E-state index contributed by atoms with van der Waals surface area (Å²) in [5, 5.41) is 5.63. The van der Waals surface area contributed by atoms with Crippen molar-refractivity contribution < 1.29 is 9.59 Å². The van der Waals surface area contributed by atoms with Crippen molar-refractivity contribution in [1.82, 2.24) is 9.80 Å². The lowest BCUT2D eigenvalue weighted by molar-refractivity contribution is -0.138. The van der Waals surface area contributed by atoms with Gasteiger partial charge in [0.2, 0.25) is 11.8 Å². The van der Waals surface area contributed by atoms with E-state index in [0.29, 0.717) is 26.2 Å². The minimum Gasteiger partial charge on any atom is -0.374 e. The van der Waals surface area contributed by atoms with E-state index in [-0.39, 0.29) is 17.9 Å². The number of rotatable bonds is 3. The Balaban J connectivity index is 1.62. The van der Waals surface area contributed by atoms with Crippen LogP contribution in [0.5, 0.6) is 0 Å². The molecule has 24 heavy (non-hydrogen) atoms. The summed E-state index contributed by atoms with van der Waals surface area (Å²) >= 11 is 0. The van der Waals surface area contributed by atoms with E-state index < -0.39 is 0 Å². The molecule has 0 aromatic heterocycles. The first-order valence-corrected chi connectivity index (χ1v) is 8.34. The van der Waals surface area contributed by atoms with Crippen molar-refractivity contribution in [1.29, 1.82) is 0 Å². The molecule has 1 fully saturated rings. The fraction of sp³-hybridized carbons (Fsp3) is 0.368. The third kappa shape index (κ3) is 3.50. The van der Waals surface area contributed by atoms with Gasteiger partial charge in [-0.3, -0.25) is 9.59 Å². The van der Waals surface area contributed by atoms with E-state index in [2.05, 4.69) is 29.6 Å². The minimum absolute atomic E-state index is 0.0736. The summed E-state index contributed by atoms with van der Waals surface area (Å²) in [5.41, 5.74) is 0.942. The highest BCUT2D eigenvalue weighted by Crippen LogP contribution is 2.19. The zero-order valence-electron chi connectivity index (χ0n) is 14.2. The van der Waals surface area contributed by atoms with Crippen LogP contribution in [0.2, 0.25) is 0 Å². The lowest BCUT2D eigenvalue weighted by Gasteiger charge is -2.35. The Hall–Kier alpha value is -2.56. The summed E-state index contributed by atoms with van der Waals surface area (Å²) in [6, 6.07) is 14.0. The molecular formula is C19H23N3O2. The molecule has 3 rings (SSSR count). The third-order valence-electron chi connectivity index (χ3n) is 4.54. The molecule has 126 valence electrons. The molecule has 1 aliphatic rings. The SMILES string of the molecule is CC(=O)N1CCN(C(=O)C(C)Nc2ccc3ccccc3c2)CC1. The number of amides is 2. The molecule has 0 aliphatic carbocycles. The van der Waals surface area contributed by atoms with Gasteiger partial charge in [0.25, 0.3) is 0 Å². The zero-order chi connectivity index (χ0) is 17.1. The first kappa shape index (κ1) is 16.3. The Labute approximate surface area is 142 Å². The van der Waals surface area contributed by atoms with E-state index in [1.807, 2.05) is 30.0 Å². The lowest BCUT2D eigenvalue weighted by atomic mass is 10.1. The molecular weight excluding hydrogens is 302 g/mol. The Bertz CT molecular complexity index is 751. The molecule has 0 radical (unpaired) electrons. The molecule has 5 nitrogen and oxygen atoms in total. The van der Waals surface area contributed by atoms with E-state index in [1.54, 1.807) is 11.8 Å². The number of nitrogens with zero attached hydrogens (tertiary/aromatic N) is 2.